The number of carbonyl (C=O) groups is 2. The first-order chi connectivity index (χ1) is 10.0. The topological polar surface area (TPSA) is 91.3 Å². The predicted octanol–water partition coefficient (Wildman–Crippen LogP) is 2.41. The highest BCUT2D eigenvalue weighted by Crippen LogP contribution is 2.07. The molecule has 0 fully saturated rings. The third-order valence-corrected chi connectivity index (χ3v) is 2.78. The minimum atomic E-state index is -1.11. The molecule has 6 nitrogen and oxygen atoms in total. The van der Waals surface area contributed by atoms with Crippen molar-refractivity contribution >= 4 is 17.7 Å². The molecule has 2 aromatic rings. The van der Waals surface area contributed by atoms with Crippen LogP contribution in [0.5, 0.6) is 0 Å². The quantitative estimate of drug-likeness (QED) is 0.804. The molecular formula is C15H15N3O3. The number of amides is 2. The van der Waals surface area contributed by atoms with E-state index < -0.39 is 5.97 Å². The normalized spacial score (nSPS) is 9.95. The highest BCUT2D eigenvalue weighted by Gasteiger charge is 2.05. The van der Waals surface area contributed by atoms with Crippen LogP contribution in [-0.4, -0.2) is 22.1 Å². The molecule has 2 amide bonds. The standard InChI is InChI=1S/C15H15N3O3/c1-10-3-2-4-11(7-10)8-17-15(21)18-12-5-6-13(14(19)20)16-9-12/h2-7,9H,8H2,1H3,(H,19,20)(H2,17,18,21). The van der Waals surface area contributed by atoms with Crippen LogP contribution in [0.1, 0.15) is 21.6 Å². The molecule has 0 spiro atoms. The Morgan fingerprint density at radius 2 is 2.05 bits per heavy atom. The zero-order valence-corrected chi connectivity index (χ0v) is 11.5. The van der Waals surface area contributed by atoms with Crippen LogP contribution in [0.3, 0.4) is 0 Å². The van der Waals surface area contributed by atoms with Gasteiger partial charge in [-0.1, -0.05) is 29.8 Å². The van der Waals surface area contributed by atoms with Gasteiger partial charge in [0.15, 0.2) is 0 Å². The Balaban J connectivity index is 1.88. The SMILES string of the molecule is Cc1cccc(CNC(=O)Nc2ccc(C(=O)O)nc2)c1. The molecule has 1 aromatic carbocycles. The molecule has 0 aliphatic carbocycles. The number of carboxylic acids is 1. The summed E-state index contributed by atoms with van der Waals surface area (Å²) in [5.41, 5.74) is 2.50. The second kappa shape index (κ2) is 6.51. The smallest absolute Gasteiger partial charge is 0.354 e. The Hall–Kier alpha value is -2.89. The lowest BCUT2D eigenvalue weighted by Crippen LogP contribution is -2.28. The molecule has 1 aromatic heterocycles. The molecule has 21 heavy (non-hydrogen) atoms. The van der Waals surface area contributed by atoms with Gasteiger partial charge in [0.05, 0.1) is 11.9 Å². The molecule has 0 saturated carbocycles. The van der Waals surface area contributed by atoms with E-state index >= 15 is 0 Å². The number of rotatable bonds is 4. The highest BCUT2D eigenvalue weighted by molar-refractivity contribution is 5.90. The van der Waals surface area contributed by atoms with Crippen molar-refractivity contribution in [3.8, 4) is 0 Å². The van der Waals surface area contributed by atoms with Crippen LogP contribution in [0.15, 0.2) is 42.6 Å². The van der Waals surface area contributed by atoms with E-state index in [1.165, 1.54) is 18.3 Å². The molecule has 0 aliphatic heterocycles. The molecule has 0 radical (unpaired) electrons. The summed E-state index contributed by atoms with van der Waals surface area (Å²) < 4.78 is 0. The summed E-state index contributed by atoms with van der Waals surface area (Å²) in [4.78, 5) is 26.1. The van der Waals surface area contributed by atoms with E-state index in [2.05, 4.69) is 15.6 Å². The van der Waals surface area contributed by atoms with Crippen molar-refractivity contribution in [2.75, 3.05) is 5.32 Å². The summed E-state index contributed by atoms with van der Waals surface area (Å²) in [6.45, 7) is 2.40. The molecule has 1 heterocycles. The van der Waals surface area contributed by atoms with Gasteiger partial charge in [0.1, 0.15) is 5.69 Å². The number of aromatic carboxylic acids is 1. The maximum Gasteiger partial charge on any atom is 0.354 e. The summed E-state index contributed by atoms with van der Waals surface area (Å²) in [5, 5.41) is 14.0. The first-order valence-electron chi connectivity index (χ1n) is 6.34. The number of nitrogens with one attached hydrogen (secondary N) is 2. The van der Waals surface area contributed by atoms with Gasteiger partial charge < -0.3 is 15.7 Å². The van der Waals surface area contributed by atoms with Crippen LogP contribution in [-0.2, 0) is 6.54 Å². The number of hydrogen-bond acceptors (Lipinski definition) is 3. The molecule has 0 unspecified atom stereocenters. The van der Waals surface area contributed by atoms with E-state index in [0.717, 1.165) is 11.1 Å². The zero-order chi connectivity index (χ0) is 15.2. The van der Waals surface area contributed by atoms with Gasteiger partial charge in [-0.25, -0.2) is 14.6 Å². The van der Waals surface area contributed by atoms with Gasteiger partial charge >= 0.3 is 12.0 Å². The van der Waals surface area contributed by atoms with Gasteiger partial charge in [0.25, 0.3) is 0 Å². The number of nitrogens with zero attached hydrogens (tertiary/aromatic N) is 1. The molecule has 0 atom stereocenters. The van der Waals surface area contributed by atoms with E-state index in [1.54, 1.807) is 0 Å². The van der Waals surface area contributed by atoms with E-state index in [4.69, 9.17) is 5.11 Å². The Labute approximate surface area is 121 Å². The van der Waals surface area contributed by atoms with Gasteiger partial charge in [-0.05, 0) is 24.6 Å². The number of carbonyl (C=O) groups excluding carboxylic acids is 1. The lowest BCUT2D eigenvalue weighted by atomic mass is 10.1. The number of pyridine rings is 1. The number of urea groups is 1. The van der Waals surface area contributed by atoms with Crippen LogP contribution in [0, 0.1) is 6.92 Å². The minimum absolute atomic E-state index is 0.0688. The number of aromatic nitrogens is 1. The largest absolute Gasteiger partial charge is 0.477 e. The van der Waals surface area contributed by atoms with Crippen LogP contribution in [0.25, 0.3) is 0 Å². The second-order valence-corrected chi connectivity index (χ2v) is 4.53. The summed E-state index contributed by atoms with van der Waals surface area (Å²) in [6, 6.07) is 10.3. The number of anilines is 1. The van der Waals surface area contributed by atoms with Crippen molar-refractivity contribution in [1.82, 2.24) is 10.3 Å². The third kappa shape index (κ3) is 4.31. The van der Waals surface area contributed by atoms with Gasteiger partial charge in [0.2, 0.25) is 0 Å². The molecule has 6 heteroatoms. The Bertz CT molecular complexity index is 653. The summed E-state index contributed by atoms with van der Waals surface area (Å²) in [7, 11) is 0. The first-order valence-corrected chi connectivity index (χ1v) is 6.34. The number of hydrogen-bond donors (Lipinski definition) is 3. The lowest BCUT2D eigenvalue weighted by molar-refractivity contribution is 0.0690. The predicted molar refractivity (Wildman–Crippen MR) is 78.2 cm³/mol. The first kappa shape index (κ1) is 14.5. The monoisotopic (exact) mass is 285 g/mol. The number of benzene rings is 1. The van der Waals surface area contributed by atoms with Crippen molar-refractivity contribution < 1.29 is 14.7 Å². The van der Waals surface area contributed by atoms with Crippen molar-refractivity contribution in [3.63, 3.8) is 0 Å². The van der Waals surface area contributed by atoms with E-state index in [0.29, 0.717) is 12.2 Å². The van der Waals surface area contributed by atoms with Crippen LogP contribution in [0.4, 0.5) is 10.5 Å². The Morgan fingerprint density at radius 3 is 2.67 bits per heavy atom. The average molecular weight is 285 g/mol. The summed E-state index contributed by atoms with van der Waals surface area (Å²) >= 11 is 0. The van der Waals surface area contributed by atoms with E-state index in [-0.39, 0.29) is 11.7 Å². The van der Waals surface area contributed by atoms with E-state index in [9.17, 15) is 9.59 Å². The zero-order valence-electron chi connectivity index (χ0n) is 11.5. The van der Waals surface area contributed by atoms with Crippen molar-refractivity contribution in [2.24, 2.45) is 0 Å². The Morgan fingerprint density at radius 1 is 1.24 bits per heavy atom. The number of carboxylic acid groups (broad SMARTS) is 1. The average Bonchev–Trinajstić information content (AvgIpc) is 2.46. The molecule has 2 rings (SSSR count). The highest BCUT2D eigenvalue weighted by atomic mass is 16.4. The summed E-state index contributed by atoms with van der Waals surface area (Å²) in [6.07, 6.45) is 1.30. The lowest BCUT2D eigenvalue weighted by Gasteiger charge is -2.08. The molecule has 3 N–H and O–H groups in total. The summed E-state index contributed by atoms with van der Waals surface area (Å²) in [5.74, 6) is -1.11. The molecule has 0 aliphatic rings. The molecule has 0 bridgehead atoms. The maximum absolute atomic E-state index is 11.7. The van der Waals surface area contributed by atoms with Crippen LogP contribution in [0.2, 0.25) is 0 Å². The fraction of sp³-hybridized carbons (Fsp3) is 0.133. The molecule has 0 saturated heterocycles. The second-order valence-electron chi connectivity index (χ2n) is 4.53. The van der Waals surface area contributed by atoms with Crippen molar-refractivity contribution in [2.45, 2.75) is 13.5 Å². The Kier molecular flexibility index (Phi) is 4.50. The van der Waals surface area contributed by atoms with Gasteiger partial charge in [0, 0.05) is 6.54 Å². The number of aryl methyl sites for hydroxylation is 1. The fourth-order valence-electron chi connectivity index (χ4n) is 1.77. The third-order valence-electron chi connectivity index (χ3n) is 2.78. The minimum Gasteiger partial charge on any atom is -0.477 e. The van der Waals surface area contributed by atoms with Gasteiger partial charge in [-0.2, -0.15) is 0 Å². The van der Waals surface area contributed by atoms with Crippen molar-refractivity contribution in [1.29, 1.82) is 0 Å². The maximum atomic E-state index is 11.7. The molecule has 108 valence electrons. The van der Waals surface area contributed by atoms with Crippen LogP contribution < -0.4 is 10.6 Å². The van der Waals surface area contributed by atoms with Crippen molar-refractivity contribution in [3.05, 3.63) is 59.4 Å². The van der Waals surface area contributed by atoms with E-state index in [1.807, 2.05) is 31.2 Å². The van der Waals surface area contributed by atoms with Gasteiger partial charge in [-0.15, -0.1) is 0 Å². The van der Waals surface area contributed by atoms with Gasteiger partial charge in [-0.3, -0.25) is 0 Å². The fourth-order valence-corrected chi connectivity index (χ4v) is 1.77. The molecular weight excluding hydrogens is 270 g/mol. The van der Waals surface area contributed by atoms with Crippen LogP contribution >= 0.6 is 0 Å².